The fourth-order valence-electron chi connectivity index (χ4n) is 3.66. The maximum absolute atomic E-state index is 2.46. The first kappa shape index (κ1) is 11.0. The third-order valence-corrected chi connectivity index (χ3v) is 4.56. The lowest BCUT2D eigenvalue weighted by molar-refractivity contribution is -0.694. The summed E-state index contributed by atoms with van der Waals surface area (Å²) in [6.45, 7) is 4.69. The zero-order valence-corrected chi connectivity index (χ0v) is 11.4. The molecule has 0 aliphatic carbocycles. The maximum Gasteiger partial charge on any atom is 0.220 e. The van der Waals surface area contributed by atoms with Crippen LogP contribution < -0.4 is 4.57 Å². The highest BCUT2D eigenvalue weighted by Crippen LogP contribution is 2.36. The molecule has 4 rings (SSSR count). The minimum absolute atomic E-state index is 0.552. The second-order valence-electron chi connectivity index (χ2n) is 5.85. The molecule has 0 saturated heterocycles. The van der Waals surface area contributed by atoms with E-state index < -0.39 is 0 Å². The number of benzene rings is 2. The maximum atomic E-state index is 2.46. The van der Waals surface area contributed by atoms with Gasteiger partial charge in [-0.2, -0.15) is 4.57 Å². The van der Waals surface area contributed by atoms with Gasteiger partial charge in [-0.3, -0.25) is 0 Å². The molecule has 1 nitrogen and oxygen atoms in total. The van der Waals surface area contributed by atoms with E-state index in [4.69, 9.17) is 0 Å². The molecule has 0 radical (unpaired) electrons. The van der Waals surface area contributed by atoms with Crippen LogP contribution in [0.4, 0.5) is 0 Å². The molecule has 0 spiro atoms. The van der Waals surface area contributed by atoms with Gasteiger partial charge < -0.3 is 0 Å². The molecule has 94 valence electrons. The van der Waals surface area contributed by atoms with Crippen LogP contribution in [-0.2, 0) is 0 Å². The van der Waals surface area contributed by atoms with Gasteiger partial charge in [0.05, 0.1) is 5.39 Å². The lowest BCUT2D eigenvalue weighted by Gasteiger charge is -2.11. The van der Waals surface area contributed by atoms with Crippen molar-refractivity contribution < 1.29 is 4.57 Å². The molecular formula is C18H18N+. The largest absolute Gasteiger partial charge is 0.220 e. The monoisotopic (exact) mass is 248 g/mol. The molecule has 0 amide bonds. The first-order valence-corrected chi connectivity index (χ1v) is 7.11. The minimum atomic E-state index is 0.552. The highest BCUT2D eigenvalue weighted by Gasteiger charge is 2.27. The first-order chi connectivity index (χ1) is 9.25. The second kappa shape index (κ2) is 3.80. The van der Waals surface area contributed by atoms with E-state index in [1.165, 1.54) is 33.7 Å². The van der Waals surface area contributed by atoms with E-state index in [1.54, 1.807) is 0 Å². The van der Waals surface area contributed by atoms with Gasteiger partial charge in [-0.25, -0.2) is 0 Å². The third kappa shape index (κ3) is 1.45. The van der Waals surface area contributed by atoms with Crippen molar-refractivity contribution in [3.63, 3.8) is 0 Å². The van der Waals surface area contributed by atoms with Crippen molar-refractivity contribution in [3.8, 4) is 0 Å². The van der Waals surface area contributed by atoms with Crippen molar-refractivity contribution in [1.29, 1.82) is 0 Å². The Bertz CT molecular complexity index is 721. The molecule has 0 bridgehead atoms. The SMILES string of the molecule is CC1CC(C)[n+]2cccc3ccc4cccc1c4c32. The van der Waals surface area contributed by atoms with Gasteiger partial charge >= 0.3 is 0 Å². The van der Waals surface area contributed by atoms with Crippen LogP contribution in [0.2, 0.25) is 0 Å². The average Bonchev–Trinajstić information content (AvgIpc) is 2.55. The Morgan fingerprint density at radius 3 is 2.63 bits per heavy atom. The Labute approximate surface area is 113 Å². The molecule has 0 saturated carbocycles. The third-order valence-electron chi connectivity index (χ3n) is 4.56. The second-order valence-corrected chi connectivity index (χ2v) is 5.85. The summed E-state index contributed by atoms with van der Waals surface area (Å²) in [6, 6.07) is 16.2. The molecule has 0 fully saturated rings. The van der Waals surface area contributed by atoms with E-state index in [0.29, 0.717) is 12.0 Å². The molecule has 1 heteroatoms. The highest BCUT2D eigenvalue weighted by molar-refractivity contribution is 6.05. The van der Waals surface area contributed by atoms with E-state index in [9.17, 15) is 0 Å². The van der Waals surface area contributed by atoms with Gasteiger partial charge in [-0.05, 0) is 35.9 Å². The van der Waals surface area contributed by atoms with Crippen molar-refractivity contribution >= 4 is 21.7 Å². The summed E-state index contributed by atoms with van der Waals surface area (Å²) >= 11 is 0. The summed E-state index contributed by atoms with van der Waals surface area (Å²) < 4.78 is 2.46. The van der Waals surface area contributed by atoms with Crippen molar-refractivity contribution in [2.45, 2.75) is 32.2 Å². The molecule has 1 aliphatic rings. The number of pyridine rings is 1. The fraction of sp³-hybridized carbons (Fsp3) is 0.278. The minimum Gasteiger partial charge on any atom is -0.195 e. The molecule has 3 aromatic rings. The number of hydrogen-bond acceptors (Lipinski definition) is 0. The average molecular weight is 248 g/mol. The van der Waals surface area contributed by atoms with Gasteiger partial charge in [0, 0.05) is 17.9 Å². The standard InChI is InChI=1S/C18H18N/c1-12-11-13(2)19-10-4-6-15-9-8-14-5-3-7-16(12)17(14)18(15)19/h3-10,12-13H,11H2,1-2H3/q+1. The van der Waals surface area contributed by atoms with Crippen molar-refractivity contribution in [2.75, 3.05) is 0 Å². The van der Waals surface area contributed by atoms with Gasteiger partial charge in [0.15, 0.2) is 12.2 Å². The first-order valence-electron chi connectivity index (χ1n) is 7.11. The van der Waals surface area contributed by atoms with Crippen molar-refractivity contribution in [2.24, 2.45) is 0 Å². The summed E-state index contributed by atoms with van der Waals surface area (Å²) in [5, 5.41) is 4.17. The zero-order valence-electron chi connectivity index (χ0n) is 11.4. The van der Waals surface area contributed by atoms with Crippen molar-refractivity contribution in [3.05, 3.63) is 54.2 Å². The van der Waals surface area contributed by atoms with Gasteiger partial charge in [0.1, 0.15) is 0 Å². The lowest BCUT2D eigenvalue weighted by atomic mass is 9.91. The van der Waals surface area contributed by atoms with Crippen LogP contribution in [0, 0.1) is 0 Å². The summed E-state index contributed by atoms with van der Waals surface area (Å²) in [7, 11) is 0. The molecule has 2 unspecified atom stereocenters. The van der Waals surface area contributed by atoms with E-state index in [0.717, 1.165) is 0 Å². The molecule has 2 aromatic carbocycles. The van der Waals surface area contributed by atoms with E-state index in [2.05, 4.69) is 67.1 Å². The van der Waals surface area contributed by atoms with Crippen LogP contribution in [0.3, 0.4) is 0 Å². The van der Waals surface area contributed by atoms with Crippen molar-refractivity contribution in [1.82, 2.24) is 0 Å². The quantitative estimate of drug-likeness (QED) is 0.411. The van der Waals surface area contributed by atoms with Gasteiger partial charge in [0.2, 0.25) is 5.52 Å². The summed E-state index contributed by atoms with van der Waals surface area (Å²) in [5.74, 6) is 0.615. The molecule has 19 heavy (non-hydrogen) atoms. The summed E-state index contributed by atoms with van der Waals surface area (Å²) in [5.41, 5.74) is 2.92. The fourth-order valence-corrected chi connectivity index (χ4v) is 3.66. The Balaban J connectivity index is 2.31. The molecule has 0 N–H and O–H groups in total. The predicted octanol–water partition coefficient (Wildman–Crippen LogP) is 4.35. The molecule has 1 aromatic heterocycles. The summed E-state index contributed by atoms with van der Waals surface area (Å²) in [4.78, 5) is 0. The van der Waals surface area contributed by atoms with Crippen LogP contribution in [0.25, 0.3) is 21.7 Å². The number of aromatic nitrogens is 1. The molecule has 1 aliphatic heterocycles. The van der Waals surface area contributed by atoms with Crippen LogP contribution in [0.5, 0.6) is 0 Å². The van der Waals surface area contributed by atoms with Gasteiger partial charge in [-0.1, -0.05) is 31.2 Å². The van der Waals surface area contributed by atoms with Gasteiger partial charge in [0.25, 0.3) is 0 Å². The predicted molar refractivity (Wildman–Crippen MR) is 79.4 cm³/mol. The number of hydrogen-bond donors (Lipinski definition) is 0. The topological polar surface area (TPSA) is 3.88 Å². The normalized spacial score (nSPS) is 22.0. The highest BCUT2D eigenvalue weighted by atomic mass is 15.0. The molecular weight excluding hydrogens is 230 g/mol. The Morgan fingerprint density at radius 1 is 0.947 bits per heavy atom. The molecule has 2 heterocycles. The lowest BCUT2D eigenvalue weighted by Crippen LogP contribution is -2.37. The van der Waals surface area contributed by atoms with E-state index >= 15 is 0 Å². The van der Waals surface area contributed by atoms with E-state index in [-0.39, 0.29) is 0 Å². The Kier molecular flexibility index (Phi) is 2.20. The van der Waals surface area contributed by atoms with Crippen LogP contribution in [0.15, 0.2) is 48.7 Å². The Hall–Kier alpha value is -1.89. The van der Waals surface area contributed by atoms with Gasteiger partial charge in [-0.15, -0.1) is 0 Å². The number of nitrogens with zero attached hydrogens (tertiary/aromatic N) is 1. The Morgan fingerprint density at radius 2 is 1.74 bits per heavy atom. The zero-order chi connectivity index (χ0) is 13.0. The molecule has 2 atom stereocenters. The van der Waals surface area contributed by atoms with Crippen LogP contribution in [-0.4, -0.2) is 0 Å². The smallest absolute Gasteiger partial charge is 0.195 e. The summed E-state index contributed by atoms with van der Waals surface area (Å²) in [6.07, 6.45) is 3.44. The van der Waals surface area contributed by atoms with Crippen LogP contribution >= 0.6 is 0 Å². The van der Waals surface area contributed by atoms with Crippen LogP contribution in [0.1, 0.15) is 37.8 Å². The van der Waals surface area contributed by atoms with E-state index in [1.807, 2.05) is 0 Å². The number of rotatable bonds is 0.